The van der Waals surface area contributed by atoms with Crippen LogP contribution in [-0.4, -0.2) is 0 Å². The summed E-state index contributed by atoms with van der Waals surface area (Å²) in [5, 5.41) is 0. The Morgan fingerprint density at radius 1 is 0.220 bits per heavy atom. The third-order valence-corrected chi connectivity index (χ3v) is 11.8. The Labute approximate surface area is 293 Å². The number of hydrogen-bond acceptors (Lipinski definition) is 0. The second kappa shape index (κ2) is 10.1. The van der Waals surface area contributed by atoms with Gasteiger partial charge in [-0.3, -0.25) is 0 Å². The first-order valence-corrected chi connectivity index (χ1v) is 17.6. The molecule has 232 valence electrons. The molecule has 0 saturated heterocycles. The van der Waals surface area contributed by atoms with Gasteiger partial charge < -0.3 is 0 Å². The van der Waals surface area contributed by atoms with Crippen molar-refractivity contribution in [3.63, 3.8) is 0 Å². The molecule has 0 fully saturated rings. The average Bonchev–Trinajstić information content (AvgIpc) is 3.66. The highest BCUT2D eigenvalue weighted by Gasteiger charge is 2.59. The highest BCUT2D eigenvalue weighted by Crippen LogP contribution is 2.68. The van der Waals surface area contributed by atoms with E-state index >= 15 is 0 Å². The molecule has 0 atom stereocenters. The quantitative estimate of drug-likeness (QED) is 0.178. The number of rotatable bonds is 2. The van der Waals surface area contributed by atoms with Crippen molar-refractivity contribution < 1.29 is 0 Å². The van der Waals surface area contributed by atoms with E-state index in [1.165, 1.54) is 89.0 Å². The van der Waals surface area contributed by atoms with Gasteiger partial charge in [0.1, 0.15) is 0 Å². The van der Waals surface area contributed by atoms with Gasteiger partial charge in [-0.1, -0.05) is 188 Å². The first-order valence-electron chi connectivity index (χ1n) is 17.6. The van der Waals surface area contributed by atoms with E-state index in [0.29, 0.717) is 0 Å². The van der Waals surface area contributed by atoms with Crippen LogP contribution in [0.4, 0.5) is 0 Å². The topological polar surface area (TPSA) is 0 Å². The van der Waals surface area contributed by atoms with Gasteiger partial charge >= 0.3 is 0 Å². The van der Waals surface area contributed by atoms with Crippen molar-refractivity contribution in [2.24, 2.45) is 0 Å². The lowest BCUT2D eigenvalue weighted by atomic mass is 9.51. The minimum Gasteiger partial charge on any atom is -0.0622 e. The van der Waals surface area contributed by atoms with Gasteiger partial charge in [-0.2, -0.15) is 0 Å². The first-order chi connectivity index (χ1) is 24.8. The second-order valence-corrected chi connectivity index (χ2v) is 13.9. The van der Waals surface area contributed by atoms with Gasteiger partial charge in [-0.25, -0.2) is 0 Å². The summed E-state index contributed by atoms with van der Waals surface area (Å²) in [7, 11) is 0. The molecule has 0 bridgehead atoms. The zero-order valence-corrected chi connectivity index (χ0v) is 27.5. The Bertz CT molecular complexity index is 2570. The Kier molecular flexibility index (Phi) is 5.61. The van der Waals surface area contributed by atoms with E-state index in [0.717, 1.165) is 0 Å². The van der Waals surface area contributed by atoms with Crippen molar-refractivity contribution in [1.82, 2.24) is 0 Å². The standard InChI is InChI=1S/C50H32/c1-2-16-33(17-3-1)34-18-14-19-35(32-34)36-24-15-31-47-48(36)50(43-27-10-6-22-39(43)40-23-7-11-28-44(40)50)46-30-13-12-29-45(46)49(47)41-25-8-4-20-37(41)38-21-5-9-26-42(38)49/h1-32H. The number of benzene rings is 8. The van der Waals surface area contributed by atoms with Crippen molar-refractivity contribution in [3.8, 4) is 44.5 Å². The normalized spacial score (nSPS) is 14.7. The second-order valence-electron chi connectivity index (χ2n) is 13.9. The maximum Gasteiger partial charge on any atom is 0.0725 e. The van der Waals surface area contributed by atoms with Gasteiger partial charge in [-0.15, -0.1) is 0 Å². The lowest BCUT2D eigenvalue weighted by Crippen LogP contribution is -2.44. The maximum absolute atomic E-state index is 2.44. The number of hydrogen-bond donors (Lipinski definition) is 0. The van der Waals surface area contributed by atoms with Gasteiger partial charge in [0, 0.05) is 0 Å². The van der Waals surface area contributed by atoms with E-state index in [1.807, 2.05) is 0 Å². The maximum atomic E-state index is 2.44. The van der Waals surface area contributed by atoms with E-state index < -0.39 is 10.8 Å². The fourth-order valence-corrected chi connectivity index (χ4v) is 10.0. The van der Waals surface area contributed by atoms with E-state index in [1.54, 1.807) is 0 Å². The van der Waals surface area contributed by atoms with Crippen LogP contribution in [0.1, 0.15) is 44.5 Å². The molecule has 0 saturated carbocycles. The largest absolute Gasteiger partial charge is 0.0725 e. The molecule has 0 radical (unpaired) electrons. The molecule has 0 aromatic heterocycles. The van der Waals surface area contributed by atoms with Crippen LogP contribution >= 0.6 is 0 Å². The van der Waals surface area contributed by atoms with Gasteiger partial charge in [0.2, 0.25) is 0 Å². The van der Waals surface area contributed by atoms with Gasteiger partial charge in [0.25, 0.3) is 0 Å². The predicted octanol–water partition coefficient (Wildman–Crippen LogP) is 12.1. The summed E-state index contributed by atoms with van der Waals surface area (Å²) >= 11 is 0. The highest BCUT2D eigenvalue weighted by molar-refractivity contribution is 5.96. The third-order valence-electron chi connectivity index (χ3n) is 11.8. The van der Waals surface area contributed by atoms with Crippen molar-refractivity contribution >= 4 is 0 Å². The molecule has 50 heavy (non-hydrogen) atoms. The molecule has 0 heterocycles. The van der Waals surface area contributed by atoms with Crippen molar-refractivity contribution in [1.29, 1.82) is 0 Å². The molecule has 0 amide bonds. The molecule has 0 aliphatic heterocycles. The molecule has 0 nitrogen and oxygen atoms in total. The molecule has 3 aliphatic rings. The molecule has 11 rings (SSSR count). The summed E-state index contributed by atoms with van der Waals surface area (Å²) < 4.78 is 0. The molecule has 0 N–H and O–H groups in total. The molecule has 2 spiro atoms. The molecule has 3 aliphatic carbocycles. The summed E-state index contributed by atoms with van der Waals surface area (Å²) in [6.45, 7) is 0. The van der Waals surface area contributed by atoms with Crippen molar-refractivity contribution in [2.75, 3.05) is 0 Å². The van der Waals surface area contributed by atoms with Crippen LogP contribution < -0.4 is 0 Å². The van der Waals surface area contributed by atoms with Crippen molar-refractivity contribution in [2.45, 2.75) is 10.8 Å². The Morgan fingerprint density at radius 2 is 0.580 bits per heavy atom. The van der Waals surface area contributed by atoms with E-state index in [-0.39, 0.29) is 0 Å². The molecule has 8 aromatic carbocycles. The van der Waals surface area contributed by atoms with Crippen LogP contribution in [0.15, 0.2) is 194 Å². The molecular weight excluding hydrogens is 601 g/mol. The Morgan fingerprint density at radius 3 is 1.14 bits per heavy atom. The van der Waals surface area contributed by atoms with Gasteiger partial charge in [0.15, 0.2) is 0 Å². The monoisotopic (exact) mass is 632 g/mol. The molecular formula is C50H32. The van der Waals surface area contributed by atoms with Crippen LogP contribution in [-0.2, 0) is 10.8 Å². The third kappa shape index (κ3) is 3.31. The Balaban J connectivity index is 1.36. The summed E-state index contributed by atoms with van der Waals surface area (Å²) in [6.07, 6.45) is 0. The molecule has 0 heteroatoms. The minimum atomic E-state index is -0.518. The first kappa shape index (κ1) is 27.7. The predicted molar refractivity (Wildman–Crippen MR) is 205 cm³/mol. The summed E-state index contributed by atoms with van der Waals surface area (Å²) in [5.74, 6) is 0. The molecule has 0 unspecified atom stereocenters. The van der Waals surface area contributed by atoms with E-state index in [9.17, 15) is 0 Å². The summed E-state index contributed by atoms with van der Waals surface area (Å²) in [4.78, 5) is 0. The SMILES string of the molecule is c1ccc(-c2cccc(-c3cccc4c3C3(c5ccccc5-c5ccccc53)c3ccccc3C43c4ccccc4-c4ccccc43)c2)cc1. The number of fused-ring (bicyclic) bond motifs is 16. The van der Waals surface area contributed by atoms with Crippen LogP contribution in [0.25, 0.3) is 44.5 Å². The Hall–Kier alpha value is -6.24. The lowest BCUT2D eigenvalue weighted by Gasteiger charge is -2.49. The lowest BCUT2D eigenvalue weighted by molar-refractivity contribution is 0.634. The fourth-order valence-electron chi connectivity index (χ4n) is 10.0. The fraction of sp³-hybridized carbons (Fsp3) is 0.0400. The molecule has 8 aromatic rings. The van der Waals surface area contributed by atoms with E-state index in [2.05, 4.69) is 194 Å². The van der Waals surface area contributed by atoms with Crippen LogP contribution in [0.3, 0.4) is 0 Å². The van der Waals surface area contributed by atoms with Crippen LogP contribution in [0.5, 0.6) is 0 Å². The zero-order chi connectivity index (χ0) is 32.9. The minimum absolute atomic E-state index is 0.482. The average molecular weight is 633 g/mol. The van der Waals surface area contributed by atoms with E-state index in [4.69, 9.17) is 0 Å². The smallest absolute Gasteiger partial charge is 0.0622 e. The van der Waals surface area contributed by atoms with Gasteiger partial charge in [0.05, 0.1) is 10.8 Å². The van der Waals surface area contributed by atoms with Crippen LogP contribution in [0.2, 0.25) is 0 Å². The zero-order valence-electron chi connectivity index (χ0n) is 27.5. The highest BCUT2D eigenvalue weighted by atomic mass is 14.6. The summed E-state index contributed by atoms with van der Waals surface area (Å²) in [6, 6.07) is 73.0. The van der Waals surface area contributed by atoms with Gasteiger partial charge in [-0.05, 0) is 95.1 Å². The van der Waals surface area contributed by atoms with Crippen molar-refractivity contribution in [3.05, 3.63) is 239 Å². The van der Waals surface area contributed by atoms with Crippen LogP contribution in [0, 0.1) is 0 Å². The summed E-state index contributed by atoms with van der Waals surface area (Å²) in [5.41, 5.74) is 20.2.